The van der Waals surface area contributed by atoms with Gasteiger partial charge in [0.05, 0.1) is 4.90 Å². The van der Waals surface area contributed by atoms with Crippen LogP contribution in [0.15, 0.2) is 34.7 Å². The van der Waals surface area contributed by atoms with Gasteiger partial charge < -0.3 is 10.3 Å². The average molecular weight is 484 g/mol. The zero-order chi connectivity index (χ0) is 23.5. The molecule has 7 heteroatoms. The summed E-state index contributed by atoms with van der Waals surface area (Å²) < 4.78 is 28.4. The Hall–Kier alpha value is -2.12. The Balaban J connectivity index is 1.20. The van der Waals surface area contributed by atoms with Crippen molar-refractivity contribution in [2.24, 2.45) is 5.92 Å². The lowest BCUT2D eigenvalue weighted by Gasteiger charge is -2.30. The van der Waals surface area contributed by atoms with Crippen LogP contribution in [0.3, 0.4) is 0 Å². The van der Waals surface area contributed by atoms with Gasteiger partial charge in [-0.15, -0.1) is 0 Å². The van der Waals surface area contributed by atoms with Gasteiger partial charge in [0.2, 0.25) is 15.9 Å². The first kappa shape index (κ1) is 23.6. The van der Waals surface area contributed by atoms with E-state index < -0.39 is 10.0 Å². The summed E-state index contributed by atoms with van der Waals surface area (Å²) in [4.78, 5) is 16.5. The highest BCUT2D eigenvalue weighted by Crippen LogP contribution is 2.32. The number of carbonyl (C=O) groups is 1. The number of sulfonamides is 1. The largest absolute Gasteiger partial charge is 0.358 e. The highest BCUT2D eigenvalue weighted by atomic mass is 32.2. The van der Waals surface area contributed by atoms with Gasteiger partial charge in [0.1, 0.15) is 0 Å². The summed E-state index contributed by atoms with van der Waals surface area (Å²) in [5.74, 6) is -0.0281. The summed E-state index contributed by atoms with van der Waals surface area (Å²) in [7, 11) is -3.57. The zero-order valence-corrected chi connectivity index (χ0v) is 20.9. The standard InChI is InChI=1S/C27H37N3O3S/c31-27(28-16-13-20-7-3-1-4-8-20)21-14-17-30(18-15-21)34(32,33)22-11-12-26-24(19-22)23-9-5-2-6-10-25(23)29-26/h7,11-12,19,21,29H,1-6,8-10,13-18H2,(H,28,31). The highest BCUT2D eigenvalue weighted by Gasteiger charge is 2.32. The van der Waals surface area contributed by atoms with Crippen LogP contribution < -0.4 is 5.32 Å². The van der Waals surface area contributed by atoms with E-state index in [9.17, 15) is 13.2 Å². The third kappa shape index (κ3) is 4.96. The van der Waals surface area contributed by atoms with Crippen molar-refractivity contribution in [1.82, 2.24) is 14.6 Å². The minimum atomic E-state index is -3.57. The molecule has 0 saturated carbocycles. The number of nitrogens with one attached hydrogen (secondary N) is 2. The van der Waals surface area contributed by atoms with E-state index in [1.807, 2.05) is 12.1 Å². The minimum Gasteiger partial charge on any atom is -0.358 e. The maximum absolute atomic E-state index is 13.4. The lowest BCUT2D eigenvalue weighted by Crippen LogP contribution is -2.43. The van der Waals surface area contributed by atoms with Gasteiger partial charge in [-0.05, 0) is 94.4 Å². The Bertz CT molecular complexity index is 1170. The van der Waals surface area contributed by atoms with E-state index in [1.165, 1.54) is 42.5 Å². The van der Waals surface area contributed by atoms with Gasteiger partial charge in [0.15, 0.2) is 0 Å². The summed E-state index contributed by atoms with van der Waals surface area (Å²) in [6, 6.07) is 5.51. The average Bonchev–Trinajstić information content (AvgIpc) is 3.04. The van der Waals surface area contributed by atoms with Gasteiger partial charge in [0, 0.05) is 42.1 Å². The van der Waals surface area contributed by atoms with Crippen molar-refractivity contribution >= 4 is 26.8 Å². The molecule has 6 nitrogen and oxygen atoms in total. The van der Waals surface area contributed by atoms with E-state index in [-0.39, 0.29) is 11.8 Å². The lowest BCUT2D eigenvalue weighted by atomic mass is 9.96. The topological polar surface area (TPSA) is 82.3 Å². The number of aryl methyl sites for hydroxylation is 2. The van der Waals surface area contributed by atoms with Crippen LogP contribution in [-0.2, 0) is 27.7 Å². The molecule has 2 aliphatic carbocycles. The quantitative estimate of drug-likeness (QED) is 0.455. The van der Waals surface area contributed by atoms with E-state index in [1.54, 1.807) is 10.4 Å². The molecule has 2 N–H and O–H groups in total. The number of hydrogen-bond acceptors (Lipinski definition) is 3. The molecule has 1 fully saturated rings. The van der Waals surface area contributed by atoms with Crippen molar-refractivity contribution in [2.45, 2.75) is 81.9 Å². The number of aromatic amines is 1. The molecule has 0 atom stereocenters. The number of benzene rings is 1. The maximum atomic E-state index is 13.4. The number of amides is 1. The van der Waals surface area contributed by atoms with E-state index in [0.717, 1.165) is 49.4 Å². The van der Waals surface area contributed by atoms with Crippen molar-refractivity contribution in [3.63, 3.8) is 0 Å². The third-order valence-corrected chi connectivity index (χ3v) is 9.81. The number of fused-ring (bicyclic) bond motifs is 3. The Morgan fingerprint density at radius 2 is 1.82 bits per heavy atom. The van der Waals surface area contributed by atoms with E-state index in [2.05, 4.69) is 16.4 Å². The fourth-order valence-corrected chi connectivity index (χ4v) is 7.35. The van der Waals surface area contributed by atoms with Crippen molar-refractivity contribution in [1.29, 1.82) is 0 Å². The fourth-order valence-electron chi connectivity index (χ4n) is 5.85. The van der Waals surface area contributed by atoms with Crippen molar-refractivity contribution in [3.05, 3.63) is 41.1 Å². The Morgan fingerprint density at radius 1 is 1.03 bits per heavy atom. The monoisotopic (exact) mass is 483 g/mol. The molecule has 1 amide bonds. The summed E-state index contributed by atoms with van der Waals surface area (Å²) in [6.45, 7) is 1.48. The van der Waals surface area contributed by atoms with Crippen molar-refractivity contribution in [3.8, 4) is 0 Å². The summed E-state index contributed by atoms with van der Waals surface area (Å²) in [5.41, 5.74) is 5.06. The molecule has 0 radical (unpaired) electrons. The van der Waals surface area contributed by atoms with Crippen LogP contribution in [0.5, 0.6) is 0 Å². The summed E-state index contributed by atoms with van der Waals surface area (Å²) in [6.07, 6.45) is 14.9. The Labute approximate surface area is 203 Å². The molecule has 34 heavy (non-hydrogen) atoms. The number of hydrogen-bond donors (Lipinski definition) is 2. The number of nitrogens with zero attached hydrogens (tertiary/aromatic N) is 1. The predicted octanol–water partition coefficient (Wildman–Crippen LogP) is 4.84. The number of aromatic nitrogens is 1. The van der Waals surface area contributed by atoms with Crippen LogP contribution in [0.1, 0.15) is 75.5 Å². The van der Waals surface area contributed by atoms with E-state index >= 15 is 0 Å². The molecule has 1 aliphatic heterocycles. The van der Waals surface area contributed by atoms with Crippen LogP contribution in [-0.4, -0.2) is 43.2 Å². The van der Waals surface area contributed by atoms with Crippen LogP contribution in [0.25, 0.3) is 10.9 Å². The Kier molecular flexibility index (Phi) is 7.11. The number of carbonyl (C=O) groups excluding carboxylic acids is 1. The first-order chi connectivity index (χ1) is 16.5. The number of piperidine rings is 1. The number of H-pyrrole nitrogens is 1. The molecule has 1 aromatic carbocycles. The highest BCUT2D eigenvalue weighted by molar-refractivity contribution is 7.89. The maximum Gasteiger partial charge on any atom is 0.243 e. The second kappa shape index (κ2) is 10.2. The first-order valence-corrected chi connectivity index (χ1v) is 14.6. The normalized spacial score (nSPS) is 20.5. The summed E-state index contributed by atoms with van der Waals surface area (Å²) >= 11 is 0. The molecule has 0 unspecified atom stereocenters. The molecule has 2 aromatic rings. The first-order valence-electron chi connectivity index (χ1n) is 13.1. The molecule has 5 rings (SSSR count). The van der Waals surface area contributed by atoms with Gasteiger partial charge in [-0.1, -0.05) is 18.1 Å². The van der Waals surface area contributed by atoms with E-state index in [0.29, 0.717) is 37.4 Å². The molecular weight excluding hydrogens is 446 g/mol. The zero-order valence-electron chi connectivity index (χ0n) is 20.1. The SMILES string of the molecule is O=C(NCCC1=CCCCC1)C1CCN(S(=O)(=O)c2ccc3[nH]c4c(c3c2)CCCCC4)CC1. The third-order valence-electron chi connectivity index (χ3n) is 7.91. The Morgan fingerprint density at radius 3 is 2.62 bits per heavy atom. The lowest BCUT2D eigenvalue weighted by molar-refractivity contribution is -0.126. The van der Waals surface area contributed by atoms with Crippen molar-refractivity contribution < 1.29 is 13.2 Å². The minimum absolute atomic E-state index is 0.0740. The number of rotatable bonds is 6. The number of allylic oxidation sites excluding steroid dienone is 1. The molecule has 184 valence electrons. The molecule has 1 saturated heterocycles. The second-order valence-electron chi connectivity index (χ2n) is 10.2. The molecule has 3 aliphatic rings. The van der Waals surface area contributed by atoms with Gasteiger partial charge in [0.25, 0.3) is 0 Å². The van der Waals surface area contributed by atoms with Crippen LogP contribution in [0.2, 0.25) is 0 Å². The summed E-state index contributed by atoms with van der Waals surface area (Å²) in [5, 5.41) is 4.14. The smallest absolute Gasteiger partial charge is 0.243 e. The second-order valence-corrected chi connectivity index (χ2v) is 12.1. The predicted molar refractivity (Wildman–Crippen MR) is 135 cm³/mol. The van der Waals surface area contributed by atoms with Gasteiger partial charge in [-0.25, -0.2) is 8.42 Å². The molecule has 0 spiro atoms. The van der Waals surface area contributed by atoms with Gasteiger partial charge >= 0.3 is 0 Å². The van der Waals surface area contributed by atoms with Gasteiger partial charge in [-0.3, -0.25) is 4.79 Å². The fraction of sp³-hybridized carbons (Fsp3) is 0.593. The molecule has 1 aromatic heterocycles. The molecular formula is C27H37N3O3S. The molecule has 0 bridgehead atoms. The van der Waals surface area contributed by atoms with Crippen LogP contribution in [0.4, 0.5) is 0 Å². The van der Waals surface area contributed by atoms with Crippen LogP contribution in [0, 0.1) is 5.92 Å². The van der Waals surface area contributed by atoms with Crippen molar-refractivity contribution in [2.75, 3.05) is 19.6 Å². The van der Waals surface area contributed by atoms with Crippen LogP contribution >= 0.6 is 0 Å². The molecule has 2 heterocycles. The van der Waals surface area contributed by atoms with E-state index in [4.69, 9.17) is 0 Å². The van der Waals surface area contributed by atoms with Gasteiger partial charge in [-0.2, -0.15) is 4.31 Å².